The molecular formula is C27H30F2N2. The summed E-state index contributed by atoms with van der Waals surface area (Å²) in [6, 6.07) is 20.9. The van der Waals surface area contributed by atoms with E-state index >= 15 is 0 Å². The Morgan fingerprint density at radius 1 is 0.839 bits per heavy atom. The van der Waals surface area contributed by atoms with Gasteiger partial charge in [0.1, 0.15) is 11.6 Å². The maximum absolute atomic E-state index is 13.8. The Morgan fingerprint density at radius 3 is 2.26 bits per heavy atom. The molecule has 1 heterocycles. The van der Waals surface area contributed by atoms with E-state index in [-0.39, 0.29) is 17.7 Å². The summed E-state index contributed by atoms with van der Waals surface area (Å²) in [6.45, 7) is 5.62. The molecule has 1 N–H and O–H groups in total. The topological polar surface area (TPSA) is 15.3 Å². The number of aryl methyl sites for hydroxylation is 1. The molecule has 1 aliphatic heterocycles. The van der Waals surface area contributed by atoms with E-state index < -0.39 is 0 Å². The third-order valence-corrected chi connectivity index (χ3v) is 6.23. The molecule has 3 aromatic carbocycles. The minimum Gasteiger partial charge on any atom is -0.311 e. The van der Waals surface area contributed by atoms with Gasteiger partial charge in [-0.3, -0.25) is 4.90 Å². The number of halogens is 2. The molecule has 1 atom stereocenters. The van der Waals surface area contributed by atoms with Crippen LogP contribution in [0.3, 0.4) is 0 Å². The van der Waals surface area contributed by atoms with Crippen LogP contribution in [-0.4, -0.2) is 24.0 Å². The van der Waals surface area contributed by atoms with E-state index in [4.69, 9.17) is 0 Å². The highest BCUT2D eigenvalue weighted by atomic mass is 19.1. The second-order valence-electron chi connectivity index (χ2n) is 8.42. The monoisotopic (exact) mass is 420 g/mol. The highest BCUT2D eigenvalue weighted by Crippen LogP contribution is 2.26. The van der Waals surface area contributed by atoms with Gasteiger partial charge in [0.25, 0.3) is 0 Å². The highest BCUT2D eigenvalue weighted by Gasteiger charge is 2.26. The van der Waals surface area contributed by atoms with Crippen molar-refractivity contribution in [2.45, 2.75) is 45.3 Å². The number of benzene rings is 3. The summed E-state index contributed by atoms with van der Waals surface area (Å²) in [4.78, 5) is 2.47. The summed E-state index contributed by atoms with van der Waals surface area (Å²) in [5.41, 5.74) is 6.05. The predicted molar refractivity (Wildman–Crippen MR) is 122 cm³/mol. The first-order valence-corrected chi connectivity index (χ1v) is 11.1. The Bertz CT molecular complexity index is 983. The average Bonchev–Trinajstić information content (AvgIpc) is 2.79. The quantitative estimate of drug-likeness (QED) is 0.499. The van der Waals surface area contributed by atoms with Crippen molar-refractivity contribution in [3.8, 4) is 0 Å². The summed E-state index contributed by atoms with van der Waals surface area (Å²) in [7, 11) is 0. The van der Waals surface area contributed by atoms with Crippen molar-refractivity contribution in [1.29, 1.82) is 0 Å². The van der Waals surface area contributed by atoms with Gasteiger partial charge >= 0.3 is 0 Å². The minimum atomic E-state index is -0.215. The van der Waals surface area contributed by atoms with Crippen LogP contribution in [0.15, 0.2) is 66.7 Å². The number of nitrogens with zero attached hydrogens (tertiary/aromatic N) is 1. The fourth-order valence-electron chi connectivity index (χ4n) is 4.37. The van der Waals surface area contributed by atoms with Crippen LogP contribution < -0.4 is 5.32 Å². The van der Waals surface area contributed by atoms with Gasteiger partial charge in [0.15, 0.2) is 0 Å². The van der Waals surface area contributed by atoms with Gasteiger partial charge in [0, 0.05) is 32.2 Å². The summed E-state index contributed by atoms with van der Waals surface area (Å²) in [5.74, 6) is -0.392. The van der Waals surface area contributed by atoms with Gasteiger partial charge in [0.05, 0.1) is 0 Å². The van der Waals surface area contributed by atoms with Crippen molar-refractivity contribution in [1.82, 2.24) is 10.2 Å². The zero-order chi connectivity index (χ0) is 21.6. The lowest BCUT2D eigenvalue weighted by Gasteiger charge is -2.37. The molecule has 0 spiro atoms. The van der Waals surface area contributed by atoms with Crippen molar-refractivity contribution in [3.05, 3.63) is 106 Å². The second-order valence-corrected chi connectivity index (χ2v) is 8.42. The van der Waals surface area contributed by atoms with Crippen LogP contribution in [0.1, 0.15) is 34.7 Å². The lowest BCUT2D eigenvalue weighted by atomic mass is 9.90. The average molecular weight is 421 g/mol. The lowest BCUT2D eigenvalue weighted by Crippen LogP contribution is -2.44. The molecule has 162 valence electrons. The van der Waals surface area contributed by atoms with Gasteiger partial charge in [-0.15, -0.1) is 0 Å². The zero-order valence-electron chi connectivity index (χ0n) is 18.1. The summed E-state index contributed by atoms with van der Waals surface area (Å²) >= 11 is 0. The standard InChI is InChI=1S/C27H30F2N2/c1-2-20-3-5-22(6-4-20)18-30-13-14-31-19-23-9-12-26(29)16-24(23)17-27(31)15-21-7-10-25(28)11-8-21/h3-12,16,27,30H,2,13-15,17-19H2,1H3. The summed E-state index contributed by atoms with van der Waals surface area (Å²) in [5, 5.41) is 3.56. The molecule has 1 unspecified atom stereocenters. The Hall–Kier alpha value is -2.56. The van der Waals surface area contributed by atoms with Crippen molar-refractivity contribution in [3.63, 3.8) is 0 Å². The van der Waals surface area contributed by atoms with Crippen LogP contribution in [0.25, 0.3) is 0 Å². The Kier molecular flexibility index (Phi) is 7.10. The first-order chi connectivity index (χ1) is 15.1. The lowest BCUT2D eigenvalue weighted by molar-refractivity contribution is 0.170. The molecule has 0 aliphatic carbocycles. The van der Waals surface area contributed by atoms with E-state index in [2.05, 4.69) is 41.4 Å². The predicted octanol–water partition coefficient (Wildman–Crippen LogP) is 5.29. The smallest absolute Gasteiger partial charge is 0.123 e. The Morgan fingerprint density at radius 2 is 1.52 bits per heavy atom. The van der Waals surface area contributed by atoms with Crippen molar-refractivity contribution >= 4 is 0 Å². The SMILES string of the molecule is CCc1ccc(CNCCN2Cc3ccc(F)cc3CC2Cc2ccc(F)cc2)cc1. The van der Waals surface area contributed by atoms with Crippen LogP contribution >= 0.6 is 0 Å². The number of rotatable bonds is 8. The molecule has 0 aromatic heterocycles. The maximum Gasteiger partial charge on any atom is 0.123 e. The first-order valence-electron chi connectivity index (χ1n) is 11.1. The normalized spacial score (nSPS) is 16.3. The fourth-order valence-corrected chi connectivity index (χ4v) is 4.37. The number of hydrogen-bond acceptors (Lipinski definition) is 2. The van der Waals surface area contributed by atoms with E-state index in [1.807, 2.05) is 18.2 Å². The van der Waals surface area contributed by atoms with Gasteiger partial charge in [0.2, 0.25) is 0 Å². The molecule has 2 nitrogen and oxygen atoms in total. The fraction of sp³-hybridized carbons (Fsp3) is 0.333. The van der Waals surface area contributed by atoms with E-state index in [9.17, 15) is 8.78 Å². The van der Waals surface area contributed by atoms with E-state index in [0.29, 0.717) is 0 Å². The molecular weight excluding hydrogens is 390 g/mol. The molecule has 3 aromatic rings. The highest BCUT2D eigenvalue weighted by molar-refractivity contribution is 5.32. The van der Waals surface area contributed by atoms with Gasteiger partial charge in [-0.25, -0.2) is 8.78 Å². The van der Waals surface area contributed by atoms with Crippen LogP contribution in [-0.2, 0) is 32.4 Å². The van der Waals surface area contributed by atoms with Gasteiger partial charge in [-0.1, -0.05) is 49.4 Å². The molecule has 4 heteroatoms. The Labute approximate surface area is 183 Å². The first kappa shape index (κ1) is 21.7. The number of fused-ring (bicyclic) bond motifs is 1. The molecule has 4 rings (SSSR count). The van der Waals surface area contributed by atoms with Gasteiger partial charge in [-0.05, 0) is 71.3 Å². The van der Waals surface area contributed by atoms with Crippen LogP contribution in [0.2, 0.25) is 0 Å². The van der Waals surface area contributed by atoms with E-state index in [1.165, 1.54) is 28.8 Å². The molecule has 0 radical (unpaired) electrons. The van der Waals surface area contributed by atoms with Crippen molar-refractivity contribution < 1.29 is 8.78 Å². The maximum atomic E-state index is 13.8. The largest absolute Gasteiger partial charge is 0.311 e. The second kappa shape index (κ2) is 10.2. The molecule has 0 bridgehead atoms. The van der Waals surface area contributed by atoms with Crippen molar-refractivity contribution in [2.24, 2.45) is 0 Å². The van der Waals surface area contributed by atoms with Gasteiger partial charge < -0.3 is 5.32 Å². The van der Waals surface area contributed by atoms with Crippen LogP contribution in [0.5, 0.6) is 0 Å². The summed E-state index contributed by atoms with van der Waals surface area (Å²) in [6.07, 6.45) is 2.70. The van der Waals surface area contributed by atoms with Crippen molar-refractivity contribution in [2.75, 3.05) is 13.1 Å². The molecule has 31 heavy (non-hydrogen) atoms. The number of hydrogen-bond donors (Lipinski definition) is 1. The summed E-state index contributed by atoms with van der Waals surface area (Å²) < 4.78 is 27.1. The van der Waals surface area contributed by atoms with Crippen LogP contribution in [0.4, 0.5) is 8.78 Å². The third kappa shape index (κ3) is 5.78. The minimum absolute atomic E-state index is 0.177. The van der Waals surface area contributed by atoms with Gasteiger partial charge in [-0.2, -0.15) is 0 Å². The molecule has 0 amide bonds. The zero-order valence-corrected chi connectivity index (χ0v) is 18.1. The Balaban J connectivity index is 1.39. The molecule has 0 fully saturated rings. The third-order valence-electron chi connectivity index (χ3n) is 6.23. The number of nitrogens with one attached hydrogen (secondary N) is 1. The molecule has 0 saturated heterocycles. The van der Waals surface area contributed by atoms with E-state index in [0.717, 1.165) is 56.6 Å². The molecule has 1 aliphatic rings. The molecule has 0 saturated carbocycles. The van der Waals surface area contributed by atoms with E-state index in [1.54, 1.807) is 12.1 Å². The van der Waals surface area contributed by atoms with Crippen LogP contribution in [0, 0.1) is 11.6 Å².